The van der Waals surface area contributed by atoms with E-state index in [0.29, 0.717) is 43.7 Å². The average Bonchev–Trinajstić information content (AvgIpc) is 3.16. The third kappa shape index (κ3) is 30.4. The molecule has 1 amide bonds. The summed E-state index contributed by atoms with van der Waals surface area (Å²) in [5.74, 6) is -0.282. The molecule has 0 aliphatic carbocycles. The number of ether oxygens (including phenoxy) is 3. The van der Waals surface area contributed by atoms with Crippen LogP contribution in [0.25, 0.3) is 0 Å². The molecule has 304 valence electrons. The van der Waals surface area contributed by atoms with Crippen LogP contribution in [0.2, 0.25) is 0 Å². The van der Waals surface area contributed by atoms with Crippen LogP contribution in [0.1, 0.15) is 174 Å². The van der Waals surface area contributed by atoms with E-state index in [1.165, 1.54) is 88.8 Å². The predicted octanol–water partition coefficient (Wildman–Crippen LogP) is 9.76. The molecule has 0 saturated carbocycles. The molecule has 53 heavy (non-hydrogen) atoms. The summed E-state index contributed by atoms with van der Waals surface area (Å²) in [7, 11) is 0. The molecule has 0 radical (unpaired) electrons. The Labute approximate surface area is 326 Å². The highest BCUT2D eigenvalue weighted by Crippen LogP contribution is 2.15. The summed E-state index contributed by atoms with van der Waals surface area (Å²) in [6.45, 7) is 5.21. The van der Waals surface area contributed by atoms with E-state index in [0.717, 1.165) is 56.9 Å². The zero-order valence-corrected chi connectivity index (χ0v) is 34.2. The largest absolute Gasteiger partial charge is 0.462 e. The first-order valence-electron chi connectivity index (χ1n) is 21.0. The first-order valence-corrected chi connectivity index (χ1v) is 22.2. The molecular weight excluding hydrogens is 689 g/mol. The van der Waals surface area contributed by atoms with Gasteiger partial charge in [-0.2, -0.15) is 11.8 Å². The maximum atomic E-state index is 12.7. The second-order valence-electron chi connectivity index (χ2n) is 14.3. The van der Waals surface area contributed by atoms with Gasteiger partial charge in [0.2, 0.25) is 5.91 Å². The van der Waals surface area contributed by atoms with Crippen molar-refractivity contribution in [3.8, 4) is 0 Å². The number of amides is 1. The first kappa shape index (κ1) is 48.4. The fraction of sp³-hybridized carbons (Fsp3) is 0.767. The highest BCUT2D eigenvalue weighted by molar-refractivity contribution is 7.99. The summed E-state index contributed by atoms with van der Waals surface area (Å²) in [6, 6.07) is 8.86. The van der Waals surface area contributed by atoms with E-state index >= 15 is 0 Å². The van der Waals surface area contributed by atoms with Crippen LogP contribution in [-0.4, -0.2) is 60.6 Å². The van der Waals surface area contributed by atoms with E-state index in [4.69, 9.17) is 19.9 Å². The summed E-state index contributed by atoms with van der Waals surface area (Å²) in [6.07, 6.45) is 23.8. The molecule has 3 N–H and O–H groups in total. The second kappa shape index (κ2) is 35.1. The number of benzene rings is 1. The molecule has 0 saturated heterocycles. The Hall–Kier alpha value is -2.59. The number of unbranched alkanes of at least 4 members (excludes halogenated alkanes) is 18. The molecule has 0 aromatic heterocycles. The van der Waals surface area contributed by atoms with Crippen LogP contribution in [0, 0.1) is 0 Å². The highest BCUT2D eigenvalue weighted by Gasteiger charge is 2.20. The summed E-state index contributed by atoms with van der Waals surface area (Å²) in [4.78, 5) is 49.7. The Morgan fingerprint density at radius 1 is 0.604 bits per heavy atom. The van der Waals surface area contributed by atoms with E-state index in [2.05, 4.69) is 19.2 Å². The molecule has 2 atom stereocenters. The molecule has 0 heterocycles. The maximum absolute atomic E-state index is 12.7. The van der Waals surface area contributed by atoms with Crippen molar-refractivity contribution in [2.45, 2.75) is 187 Å². The number of hydrogen-bond acceptors (Lipinski definition) is 9. The van der Waals surface area contributed by atoms with Crippen molar-refractivity contribution in [3.63, 3.8) is 0 Å². The monoisotopic (exact) mass is 763 g/mol. The highest BCUT2D eigenvalue weighted by atomic mass is 32.2. The number of hydrogen-bond donors (Lipinski definition) is 2. The minimum absolute atomic E-state index is 0.00793. The Morgan fingerprint density at radius 2 is 1.08 bits per heavy atom. The molecule has 0 bridgehead atoms. The SMILES string of the molecule is CCCCCCCCCCCC(=O)OC[C@H](CSC[C@H](N)C(=O)NCCCCCC(=O)OCc1ccccc1)OC(=O)CCCCCCCCCCC. The predicted molar refractivity (Wildman–Crippen MR) is 218 cm³/mol. The van der Waals surface area contributed by atoms with Crippen LogP contribution >= 0.6 is 11.8 Å². The number of carbonyl (C=O) groups excluding carboxylic acids is 4. The summed E-state index contributed by atoms with van der Waals surface area (Å²) in [5.41, 5.74) is 7.12. The molecule has 1 rings (SSSR count). The molecule has 0 aliphatic rings. The van der Waals surface area contributed by atoms with E-state index in [9.17, 15) is 19.2 Å². The lowest BCUT2D eigenvalue weighted by molar-refractivity contribution is -0.157. The van der Waals surface area contributed by atoms with Gasteiger partial charge in [0.05, 0.1) is 6.04 Å². The van der Waals surface area contributed by atoms with Crippen molar-refractivity contribution >= 4 is 35.6 Å². The minimum atomic E-state index is -0.722. The van der Waals surface area contributed by atoms with E-state index in [1.807, 2.05) is 30.3 Å². The summed E-state index contributed by atoms with van der Waals surface area (Å²) < 4.78 is 16.6. The van der Waals surface area contributed by atoms with Crippen LogP contribution in [0.5, 0.6) is 0 Å². The zero-order chi connectivity index (χ0) is 38.6. The van der Waals surface area contributed by atoms with E-state index in [1.54, 1.807) is 0 Å². The zero-order valence-electron chi connectivity index (χ0n) is 33.4. The van der Waals surface area contributed by atoms with Crippen molar-refractivity contribution in [2.24, 2.45) is 5.73 Å². The lowest BCUT2D eigenvalue weighted by atomic mass is 10.1. The Balaban J connectivity index is 2.33. The molecule has 10 heteroatoms. The van der Waals surface area contributed by atoms with E-state index in [-0.39, 0.29) is 37.0 Å². The number of nitrogens with one attached hydrogen (secondary N) is 1. The minimum Gasteiger partial charge on any atom is -0.462 e. The molecular formula is C43H74N2O7S. The van der Waals surface area contributed by atoms with Crippen LogP contribution < -0.4 is 11.1 Å². The van der Waals surface area contributed by atoms with Crippen LogP contribution in [0.15, 0.2) is 30.3 Å². The van der Waals surface area contributed by atoms with Gasteiger partial charge in [0, 0.05) is 37.3 Å². The standard InChI is InChI=1S/C43H74N2O7S/c1-3-5-7-9-11-13-15-17-23-29-41(47)51-34-38(52-42(48)31-24-18-16-14-12-10-8-6-4-2)35-53-36-39(44)43(49)45-32-26-20-25-30-40(46)50-33-37-27-21-19-22-28-37/h19,21-22,27-28,38-39H,3-18,20,23-26,29-36,44H2,1-2H3,(H,45,49)/t38-,39+/m1/s1. The molecule has 1 aromatic carbocycles. The van der Waals surface area contributed by atoms with Gasteiger partial charge in [-0.15, -0.1) is 0 Å². The molecule has 9 nitrogen and oxygen atoms in total. The maximum Gasteiger partial charge on any atom is 0.306 e. The summed E-state index contributed by atoms with van der Waals surface area (Å²) in [5, 5.41) is 2.87. The van der Waals surface area contributed by atoms with Gasteiger partial charge in [-0.25, -0.2) is 0 Å². The van der Waals surface area contributed by atoms with Gasteiger partial charge in [-0.3, -0.25) is 19.2 Å². The molecule has 0 spiro atoms. The number of thioether (sulfide) groups is 1. The van der Waals surface area contributed by atoms with Crippen LogP contribution in [-0.2, 0) is 40.0 Å². The van der Waals surface area contributed by atoms with Gasteiger partial charge in [0.15, 0.2) is 0 Å². The first-order chi connectivity index (χ1) is 25.8. The van der Waals surface area contributed by atoms with Gasteiger partial charge in [0.25, 0.3) is 0 Å². The van der Waals surface area contributed by atoms with E-state index < -0.39 is 12.1 Å². The van der Waals surface area contributed by atoms with Gasteiger partial charge >= 0.3 is 17.9 Å². The van der Waals surface area contributed by atoms with Crippen LogP contribution in [0.4, 0.5) is 0 Å². The Kier molecular flexibility index (Phi) is 32.1. The molecule has 0 aliphatic heterocycles. The lowest BCUT2D eigenvalue weighted by Gasteiger charge is -2.19. The van der Waals surface area contributed by atoms with Crippen LogP contribution in [0.3, 0.4) is 0 Å². The fourth-order valence-corrected chi connectivity index (χ4v) is 6.87. The van der Waals surface area contributed by atoms with Gasteiger partial charge < -0.3 is 25.3 Å². The Bertz CT molecular complexity index is 1060. The third-order valence-corrected chi connectivity index (χ3v) is 10.4. The number of carbonyl (C=O) groups is 4. The normalized spacial score (nSPS) is 12.2. The van der Waals surface area contributed by atoms with Crippen molar-refractivity contribution in [3.05, 3.63) is 35.9 Å². The quantitative estimate of drug-likeness (QED) is 0.0389. The van der Waals surface area contributed by atoms with Crippen molar-refractivity contribution in [1.82, 2.24) is 5.32 Å². The number of esters is 3. The van der Waals surface area contributed by atoms with Gasteiger partial charge in [-0.1, -0.05) is 153 Å². The Morgan fingerprint density at radius 3 is 1.62 bits per heavy atom. The van der Waals surface area contributed by atoms with Crippen molar-refractivity contribution in [1.29, 1.82) is 0 Å². The average molecular weight is 763 g/mol. The molecule has 0 unspecified atom stereocenters. The third-order valence-electron chi connectivity index (χ3n) is 9.23. The fourth-order valence-electron chi connectivity index (χ4n) is 5.91. The molecule has 0 fully saturated rings. The van der Waals surface area contributed by atoms with Gasteiger partial charge in [0.1, 0.15) is 19.3 Å². The number of nitrogens with two attached hydrogens (primary N) is 1. The topological polar surface area (TPSA) is 134 Å². The molecule has 1 aromatic rings. The smallest absolute Gasteiger partial charge is 0.306 e. The summed E-state index contributed by atoms with van der Waals surface area (Å²) >= 11 is 1.42. The van der Waals surface area contributed by atoms with Crippen molar-refractivity contribution < 1.29 is 33.4 Å². The van der Waals surface area contributed by atoms with Gasteiger partial charge in [-0.05, 0) is 31.2 Å². The lowest BCUT2D eigenvalue weighted by Crippen LogP contribution is -2.43. The second-order valence-corrected chi connectivity index (χ2v) is 15.4. The van der Waals surface area contributed by atoms with Crippen molar-refractivity contribution in [2.75, 3.05) is 24.7 Å². The number of rotatable bonds is 36.